The fraction of sp³-hybridized carbons (Fsp3) is 0.286. The van der Waals surface area contributed by atoms with E-state index in [1.54, 1.807) is 6.92 Å². The number of carbonyl (C=O) groups excluding carboxylic acids is 1. The number of rotatable bonds is 2. The summed E-state index contributed by atoms with van der Waals surface area (Å²) in [5.41, 5.74) is 0. The highest BCUT2D eigenvalue weighted by atomic mass is 35.5. The number of halogens is 1. The van der Waals surface area contributed by atoms with Crippen molar-refractivity contribution in [3.05, 3.63) is 17.7 Å². The molecule has 4 nitrogen and oxygen atoms in total. The van der Waals surface area contributed by atoms with E-state index in [2.05, 4.69) is 9.97 Å². The lowest BCUT2D eigenvalue weighted by atomic mass is 10.5. The predicted octanol–water partition coefficient (Wildman–Crippen LogP) is 1.45. The minimum absolute atomic E-state index is 0.145. The summed E-state index contributed by atoms with van der Waals surface area (Å²) in [5, 5.41) is 0.145. The molecule has 0 spiro atoms. The molecular weight excluding hydrogens is 180 g/mol. The highest BCUT2D eigenvalue weighted by Crippen LogP contribution is 2.19. The molecule has 0 N–H and O–H groups in total. The molecule has 0 aliphatic rings. The van der Waals surface area contributed by atoms with Gasteiger partial charge in [-0.2, -0.15) is 0 Å². The predicted molar refractivity (Wildman–Crippen MR) is 43.0 cm³/mol. The van der Waals surface area contributed by atoms with Gasteiger partial charge >= 0.3 is 5.97 Å². The van der Waals surface area contributed by atoms with Crippen LogP contribution in [0.4, 0.5) is 0 Å². The van der Waals surface area contributed by atoms with E-state index < -0.39 is 0 Å². The number of carbonyl (C=O) groups is 1. The average molecular weight is 187 g/mol. The molecule has 0 saturated heterocycles. The SMILES string of the molecule is CCC(=O)Oc1cncnc1Cl. The molecular formula is C7H7ClN2O2. The van der Waals surface area contributed by atoms with E-state index in [1.807, 2.05) is 0 Å². The smallest absolute Gasteiger partial charge is 0.311 e. The van der Waals surface area contributed by atoms with Crippen LogP contribution in [0.2, 0.25) is 5.15 Å². The third kappa shape index (κ3) is 2.17. The van der Waals surface area contributed by atoms with Crippen molar-refractivity contribution < 1.29 is 9.53 Å². The van der Waals surface area contributed by atoms with Gasteiger partial charge in [-0.05, 0) is 0 Å². The highest BCUT2D eigenvalue weighted by molar-refractivity contribution is 6.30. The normalized spacial score (nSPS) is 9.50. The number of aromatic nitrogens is 2. The summed E-state index contributed by atoms with van der Waals surface area (Å²) in [7, 11) is 0. The van der Waals surface area contributed by atoms with Gasteiger partial charge < -0.3 is 4.74 Å². The molecule has 1 aromatic heterocycles. The standard InChI is InChI=1S/C7H7ClN2O2/c1-2-6(11)12-5-3-9-4-10-7(5)8/h3-4H,2H2,1H3. The number of esters is 1. The summed E-state index contributed by atoms with van der Waals surface area (Å²) in [5.74, 6) is -0.155. The molecule has 0 bridgehead atoms. The van der Waals surface area contributed by atoms with Crippen molar-refractivity contribution in [2.24, 2.45) is 0 Å². The quantitative estimate of drug-likeness (QED) is 0.518. The van der Waals surface area contributed by atoms with Crippen LogP contribution in [0.25, 0.3) is 0 Å². The molecule has 0 aliphatic carbocycles. The molecule has 0 aromatic carbocycles. The number of hydrogen-bond acceptors (Lipinski definition) is 4. The van der Waals surface area contributed by atoms with Crippen molar-refractivity contribution in [2.75, 3.05) is 0 Å². The van der Waals surface area contributed by atoms with Crippen LogP contribution in [-0.2, 0) is 4.79 Å². The van der Waals surface area contributed by atoms with Crippen molar-refractivity contribution in [1.29, 1.82) is 0 Å². The summed E-state index contributed by atoms with van der Waals surface area (Å²) in [6.07, 6.45) is 2.93. The van der Waals surface area contributed by atoms with E-state index in [9.17, 15) is 4.79 Å². The van der Waals surface area contributed by atoms with Gasteiger partial charge in [0.15, 0.2) is 10.9 Å². The highest BCUT2D eigenvalue weighted by Gasteiger charge is 2.06. The summed E-state index contributed by atoms with van der Waals surface area (Å²) in [6.45, 7) is 1.69. The molecule has 12 heavy (non-hydrogen) atoms. The van der Waals surface area contributed by atoms with Gasteiger partial charge in [-0.15, -0.1) is 0 Å². The Kier molecular flexibility index (Phi) is 2.99. The Balaban J connectivity index is 2.75. The van der Waals surface area contributed by atoms with E-state index in [0.29, 0.717) is 6.42 Å². The van der Waals surface area contributed by atoms with Crippen LogP contribution in [0.1, 0.15) is 13.3 Å². The summed E-state index contributed by atoms with van der Waals surface area (Å²) in [6, 6.07) is 0. The van der Waals surface area contributed by atoms with E-state index in [4.69, 9.17) is 16.3 Å². The average Bonchev–Trinajstić information content (AvgIpc) is 2.09. The van der Waals surface area contributed by atoms with Gasteiger partial charge in [0.2, 0.25) is 0 Å². The van der Waals surface area contributed by atoms with Gasteiger partial charge in [-0.1, -0.05) is 18.5 Å². The minimum Gasteiger partial charge on any atom is -0.422 e. The lowest BCUT2D eigenvalue weighted by Gasteiger charge is -2.01. The second kappa shape index (κ2) is 4.01. The van der Waals surface area contributed by atoms with Crippen LogP contribution in [0.5, 0.6) is 5.75 Å². The molecule has 5 heteroatoms. The van der Waals surface area contributed by atoms with Crippen LogP contribution in [0, 0.1) is 0 Å². The first-order valence-corrected chi connectivity index (χ1v) is 3.78. The second-order valence-electron chi connectivity index (χ2n) is 2.01. The zero-order valence-corrected chi connectivity index (χ0v) is 7.21. The number of nitrogens with zero attached hydrogens (tertiary/aromatic N) is 2. The summed E-state index contributed by atoms with van der Waals surface area (Å²) >= 11 is 5.60. The molecule has 1 rings (SSSR count). The van der Waals surface area contributed by atoms with E-state index in [-0.39, 0.29) is 16.9 Å². The molecule has 1 heterocycles. The zero-order chi connectivity index (χ0) is 8.97. The molecule has 64 valence electrons. The summed E-state index contributed by atoms with van der Waals surface area (Å²) < 4.78 is 4.80. The van der Waals surface area contributed by atoms with Crippen molar-refractivity contribution in [2.45, 2.75) is 13.3 Å². The third-order valence-electron chi connectivity index (χ3n) is 1.15. The molecule has 0 radical (unpaired) electrons. The van der Waals surface area contributed by atoms with Crippen molar-refractivity contribution in [3.63, 3.8) is 0 Å². The monoisotopic (exact) mass is 186 g/mol. The Labute approximate surface area is 74.5 Å². The van der Waals surface area contributed by atoms with Crippen molar-refractivity contribution in [1.82, 2.24) is 9.97 Å². The first kappa shape index (κ1) is 8.93. The fourth-order valence-corrected chi connectivity index (χ4v) is 0.696. The maximum atomic E-state index is 10.8. The Bertz CT molecular complexity index is 290. The second-order valence-corrected chi connectivity index (χ2v) is 2.36. The molecule has 0 fully saturated rings. The maximum Gasteiger partial charge on any atom is 0.311 e. The van der Waals surface area contributed by atoms with Gasteiger partial charge in [0, 0.05) is 6.42 Å². The van der Waals surface area contributed by atoms with Gasteiger partial charge in [-0.25, -0.2) is 9.97 Å². The Morgan fingerprint density at radius 1 is 1.75 bits per heavy atom. The van der Waals surface area contributed by atoms with Crippen LogP contribution < -0.4 is 4.74 Å². The van der Waals surface area contributed by atoms with Gasteiger partial charge in [0.1, 0.15) is 6.33 Å². The molecule has 0 atom stereocenters. The Hall–Kier alpha value is -1.16. The van der Waals surface area contributed by atoms with Gasteiger partial charge in [-0.3, -0.25) is 4.79 Å². The Morgan fingerprint density at radius 2 is 2.50 bits per heavy atom. The van der Waals surface area contributed by atoms with Crippen molar-refractivity contribution in [3.8, 4) is 5.75 Å². The number of hydrogen-bond donors (Lipinski definition) is 0. The van der Waals surface area contributed by atoms with Crippen LogP contribution in [0.15, 0.2) is 12.5 Å². The van der Waals surface area contributed by atoms with Crippen molar-refractivity contribution >= 4 is 17.6 Å². The summed E-state index contributed by atoms with van der Waals surface area (Å²) in [4.78, 5) is 18.1. The topological polar surface area (TPSA) is 52.1 Å². The van der Waals surface area contributed by atoms with Crippen LogP contribution >= 0.6 is 11.6 Å². The lowest BCUT2D eigenvalue weighted by molar-refractivity contribution is -0.134. The molecule has 0 aliphatic heterocycles. The largest absolute Gasteiger partial charge is 0.422 e. The third-order valence-corrected chi connectivity index (χ3v) is 1.43. The minimum atomic E-state index is -0.355. The Morgan fingerprint density at radius 3 is 3.08 bits per heavy atom. The molecule has 1 aromatic rings. The number of ether oxygens (including phenoxy) is 1. The van der Waals surface area contributed by atoms with E-state index >= 15 is 0 Å². The molecule has 0 amide bonds. The van der Waals surface area contributed by atoms with E-state index in [1.165, 1.54) is 12.5 Å². The van der Waals surface area contributed by atoms with Gasteiger partial charge in [0.25, 0.3) is 0 Å². The first-order chi connectivity index (χ1) is 5.74. The maximum absolute atomic E-state index is 10.8. The van der Waals surface area contributed by atoms with Crippen LogP contribution in [0.3, 0.4) is 0 Å². The lowest BCUT2D eigenvalue weighted by Crippen LogP contribution is -2.06. The first-order valence-electron chi connectivity index (χ1n) is 3.40. The molecule has 0 unspecified atom stereocenters. The van der Waals surface area contributed by atoms with E-state index in [0.717, 1.165) is 0 Å². The fourth-order valence-electron chi connectivity index (χ4n) is 0.565. The van der Waals surface area contributed by atoms with Crippen LogP contribution in [-0.4, -0.2) is 15.9 Å². The van der Waals surface area contributed by atoms with Gasteiger partial charge in [0.05, 0.1) is 6.20 Å². The molecule has 0 saturated carbocycles. The zero-order valence-electron chi connectivity index (χ0n) is 6.45.